The van der Waals surface area contributed by atoms with E-state index in [1.54, 1.807) is 0 Å². The molecule has 0 radical (unpaired) electrons. The van der Waals surface area contributed by atoms with Crippen LogP contribution in [0.5, 0.6) is 0 Å². The van der Waals surface area contributed by atoms with Crippen LogP contribution >= 0.6 is 34.8 Å². The minimum atomic E-state index is -1.63. The van der Waals surface area contributed by atoms with Gasteiger partial charge in [0.2, 0.25) is 10.0 Å². The van der Waals surface area contributed by atoms with Crippen molar-refractivity contribution in [2.75, 3.05) is 6.54 Å². The Morgan fingerprint density at radius 1 is 1.15 bits per heavy atom. The van der Waals surface area contributed by atoms with E-state index >= 15 is 0 Å². The Bertz CT molecular complexity index is 553. The van der Waals surface area contributed by atoms with E-state index in [1.807, 2.05) is 32.6 Å². The minimum Gasteiger partial charge on any atom is -0.440 e. The molecule has 0 bridgehead atoms. The van der Waals surface area contributed by atoms with Crippen molar-refractivity contribution in [1.29, 1.82) is 0 Å². The van der Waals surface area contributed by atoms with Gasteiger partial charge < -0.3 is 14.0 Å². The molecule has 3 aliphatic heterocycles. The molecular weight excluding hydrogens is 399 g/mol. The first-order valence-corrected chi connectivity index (χ1v) is 10.4. The number of nitrogens with zero attached hydrogens (tertiary/aromatic N) is 1. The van der Waals surface area contributed by atoms with E-state index in [-0.39, 0.29) is 24.3 Å². The van der Waals surface area contributed by atoms with Crippen molar-refractivity contribution in [3.63, 3.8) is 0 Å². The molecule has 0 saturated carbocycles. The predicted octanol–water partition coefficient (Wildman–Crippen LogP) is 4.34. The number of hydrogen-bond acceptors (Lipinski definition) is 5. The fraction of sp³-hybridized carbons (Fsp3) is 0.941. The maximum Gasteiger partial charge on any atom is 0.457 e. The Morgan fingerprint density at radius 2 is 1.77 bits per heavy atom. The molecule has 26 heavy (non-hydrogen) atoms. The summed E-state index contributed by atoms with van der Waals surface area (Å²) in [5.74, 6) is -0.262. The van der Waals surface area contributed by atoms with Crippen LogP contribution in [-0.2, 0) is 18.8 Å². The van der Waals surface area contributed by atoms with Crippen LogP contribution in [0.1, 0.15) is 59.8 Å². The molecule has 3 fully saturated rings. The highest BCUT2D eigenvalue weighted by atomic mass is 35.6. The highest BCUT2D eigenvalue weighted by Crippen LogP contribution is 2.48. The molecule has 5 nitrogen and oxygen atoms in total. The zero-order valence-corrected chi connectivity index (χ0v) is 18.1. The molecule has 0 N–H and O–H groups in total. The van der Waals surface area contributed by atoms with E-state index in [0.29, 0.717) is 13.0 Å². The lowest BCUT2D eigenvalue weighted by molar-refractivity contribution is -0.145. The fourth-order valence-corrected chi connectivity index (χ4v) is 4.65. The Balaban J connectivity index is 1.54. The molecule has 9 heteroatoms. The molecule has 3 saturated heterocycles. The number of hydrogen-bond donors (Lipinski definition) is 0. The second kappa shape index (κ2) is 6.96. The van der Waals surface area contributed by atoms with Crippen LogP contribution in [0.3, 0.4) is 0 Å². The number of alkyl halides is 3. The quantitative estimate of drug-likeness (QED) is 0.283. The number of esters is 1. The number of fused-ring (bicyclic) bond motifs is 1. The van der Waals surface area contributed by atoms with Gasteiger partial charge in [-0.3, -0.25) is 0 Å². The summed E-state index contributed by atoms with van der Waals surface area (Å²) in [6.07, 6.45) is 4.11. The van der Waals surface area contributed by atoms with Gasteiger partial charge in [0, 0.05) is 6.54 Å². The predicted molar refractivity (Wildman–Crippen MR) is 104 cm³/mol. The first-order chi connectivity index (χ1) is 11.9. The monoisotopic (exact) mass is 425 g/mol. The van der Waals surface area contributed by atoms with Crippen LogP contribution in [0.4, 0.5) is 0 Å². The number of carbonyl (C=O) groups is 1. The Hall–Kier alpha value is 0.285. The average Bonchev–Trinajstić information content (AvgIpc) is 3.07. The molecule has 2 atom stereocenters. The summed E-state index contributed by atoms with van der Waals surface area (Å²) in [4.78, 5) is 14.5. The molecular formula is C17H27BCl3NO4. The van der Waals surface area contributed by atoms with E-state index in [4.69, 9.17) is 48.8 Å². The van der Waals surface area contributed by atoms with Gasteiger partial charge in [0.25, 0.3) is 0 Å². The fourth-order valence-electron chi connectivity index (χ4n) is 4.16. The Kier molecular flexibility index (Phi) is 5.62. The first kappa shape index (κ1) is 21.0. The number of rotatable bonds is 5. The maximum absolute atomic E-state index is 12.6. The van der Waals surface area contributed by atoms with Crippen molar-refractivity contribution in [3.05, 3.63) is 0 Å². The standard InChI is InChI=1S/C17H27BCl3NO4/c1-14(2)15(3,4)26-18(25-14)10-6-5-8-16-9-7-11-22(16)12(17(19,20)21)24-13(16)23/h12H,5-11H2,1-4H3/t12?,16-/m1/s1. The SMILES string of the molecule is CC1(C)OB(CCCC[C@]23CCCN2C(C(Cl)(Cl)Cl)OC3=O)OC1(C)C. The van der Waals surface area contributed by atoms with Gasteiger partial charge in [-0.2, -0.15) is 0 Å². The lowest BCUT2D eigenvalue weighted by atomic mass is 9.80. The van der Waals surface area contributed by atoms with Crippen molar-refractivity contribution in [3.8, 4) is 0 Å². The third-order valence-electron chi connectivity index (χ3n) is 6.28. The van der Waals surface area contributed by atoms with Crippen LogP contribution in [0, 0.1) is 0 Å². The summed E-state index contributed by atoms with van der Waals surface area (Å²) in [6.45, 7) is 8.91. The van der Waals surface area contributed by atoms with E-state index < -0.39 is 15.6 Å². The summed E-state index contributed by atoms with van der Waals surface area (Å²) < 4.78 is 15.8. The Labute approximate surface area is 171 Å². The summed E-state index contributed by atoms with van der Waals surface area (Å²) >= 11 is 18.0. The van der Waals surface area contributed by atoms with Gasteiger partial charge >= 0.3 is 13.1 Å². The van der Waals surface area contributed by atoms with E-state index in [9.17, 15) is 4.79 Å². The first-order valence-electron chi connectivity index (χ1n) is 9.29. The van der Waals surface area contributed by atoms with E-state index in [0.717, 1.165) is 32.0 Å². The molecule has 0 amide bonds. The molecule has 1 unspecified atom stereocenters. The van der Waals surface area contributed by atoms with E-state index in [1.165, 1.54) is 0 Å². The van der Waals surface area contributed by atoms with E-state index in [2.05, 4.69) is 0 Å². The lowest BCUT2D eigenvalue weighted by Crippen LogP contribution is -2.49. The maximum atomic E-state index is 12.6. The number of halogens is 3. The molecule has 3 aliphatic rings. The summed E-state index contributed by atoms with van der Waals surface area (Å²) in [5, 5.41) is 0. The largest absolute Gasteiger partial charge is 0.457 e. The molecule has 0 aliphatic carbocycles. The van der Waals surface area contributed by atoms with Crippen molar-refractivity contribution in [2.45, 2.75) is 92.9 Å². The van der Waals surface area contributed by atoms with Gasteiger partial charge in [0.15, 0.2) is 0 Å². The molecule has 0 aromatic heterocycles. The highest BCUT2D eigenvalue weighted by molar-refractivity contribution is 6.68. The van der Waals surface area contributed by atoms with Crippen LogP contribution < -0.4 is 0 Å². The van der Waals surface area contributed by atoms with Gasteiger partial charge in [-0.1, -0.05) is 47.6 Å². The van der Waals surface area contributed by atoms with Gasteiger partial charge in [0.05, 0.1) is 11.2 Å². The Morgan fingerprint density at radius 3 is 2.35 bits per heavy atom. The topological polar surface area (TPSA) is 48.0 Å². The third-order valence-corrected chi connectivity index (χ3v) is 6.84. The number of unbranched alkanes of at least 4 members (excludes halogenated alkanes) is 1. The van der Waals surface area contributed by atoms with Gasteiger partial charge in [-0.15, -0.1) is 0 Å². The summed E-state index contributed by atoms with van der Waals surface area (Å²) in [7, 11) is -0.207. The second-order valence-electron chi connectivity index (χ2n) is 8.56. The van der Waals surface area contributed by atoms with Crippen molar-refractivity contribution in [1.82, 2.24) is 4.90 Å². The second-order valence-corrected chi connectivity index (χ2v) is 10.9. The lowest BCUT2D eigenvalue weighted by Gasteiger charge is -2.32. The summed E-state index contributed by atoms with van der Waals surface area (Å²) in [6, 6.07) is 0. The van der Waals surface area contributed by atoms with Crippen molar-refractivity contribution >= 4 is 47.9 Å². The highest BCUT2D eigenvalue weighted by Gasteiger charge is 2.62. The van der Waals surface area contributed by atoms with Crippen molar-refractivity contribution < 1.29 is 18.8 Å². The van der Waals surface area contributed by atoms with Gasteiger partial charge in [-0.25, -0.2) is 9.69 Å². The van der Waals surface area contributed by atoms with Crippen LogP contribution in [0.15, 0.2) is 0 Å². The van der Waals surface area contributed by atoms with Crippen molar-refractivity contribution in [2.24, 2.45) is 0 Å². The number of carbonyl (C=O) groups excluding carboxylic acids is 1. The molecule has 0 aromatic carbocycles. The third kappa shape index (κ3) is 3.62. The van der Waals surface area contributed by atoms with Crippen LogP contribution in [0.25, 0.3) is 0 Å². The molecule has 0 aromatic rings. The van der Waals surface area contributed by atoms with Crippen LogP contribution in [0.2, 0.25) is 6.32 Å². The smallest absolute Gasteiger partial charge is 0.440 e. The molecule has 148 valence electrons. The number of cyclic esters (lactones) is 1. The zero-order chi connectivity index (χ0) is 19.4. The van der Waals surface area contributed by atoms with Gasteiger partial charge in [-0.05, 0) is 53.3 Å². The number of ether oxygens (including phenoxy) is 1. The molecule has 3 heterocycles. The van der Waals surface area contributed by atoms with Crippen LogP contribution in [-0.4, -0.2) is 51.3 Å². The average molecular weight is 427 g/mol. The minimum absolute atomic E-state index is 0.207. The summed E-state index contributed by atoms with van der Waals surface area (Å²) in [5.41, 5.74) is -1.28. The molecule has 3 rings (SSSR count). The normalized spacial score (nSPS) is 33.6. The molecule has 0 spiro atoms. The van der Waals surface area contributed by atoms with Gasteiger partial charge in [0.1, 0.15) is 5.54 Å². The zero-order valence-electron chi connectivity index (χ0n) is 15.8.